The Morgan fingerprint density at radius 2 is 0.527 bits per heavy atom. The van der Waals surface area contributed by atoms with E-state index in [0.717, 1.165) is 135 Å². The van der Waals surface area contributed by atoms with E-state index in [2.05, 4.69) is 130 Å². The molecule has 0 saturated heterocycles. The number of carbonyl (C=O) groups is 3. The Bertz CT molecular complexity index is 1510. The summed E-state index contributed by atoms with van der Waals surface area (Å²) in [5.74, 6) is -0.919. The first-order valence-electron chi connectivity index (χ1n) is 30.9. The average molecular weight is 1030 g/mol. The molecule has 6 nitrogen and oxygen atoms in total. The van der Waals surface area contributed by atoms with Crippen molar-refractivity contribution in [2.24, 2.45) is 0 Å². The highest BCUT2D eigenvalue weighted by molar-refractivity contribution is 5.71. The van der Waals surface area contributed by atoms with Crippen LogP contribution in [-0.2, 0) is 28.6 Å². The molecule has 0 aromatic heterocycles. The van der Waals surface area contributed by atoms with Gasteiger partial charge in [-0.25, -0.2) is 0 Å². The molecule has 0 aromatic rings. The predicted molar refractivity (Wildman–Crippen MR) is 320 cm³/mol. The lowest BCUT2D eigenvalue weighted by atomic mass is 10.1. The number of esters is 3. The van der Waals surface area contributed by atoms with Crippen molar-refractivity contribution in [1.82, 2.24) is 0 Å². The van der Waals surface area contributed by atoms with Crippen LogP contribution in [0.2, 0.25) is 0 Å². The van der Waals surface area contributed by atoms with Gasteiger partial charge in [-0.1, -0.05) is 246 Å². The van der Waals surface area contributed by atoms with Gasteiger partial charge in [0.1, 0.15) is 13.2 Å². The van der Waals surface area contributed by atoms with E-state index in [1.54, 1.807) is 0 Å². The van der Waals surface area contributed by atoms with Crippen molar-refractivity contribution < 1.29 is 28.6 Å². The van der Waals surface area contributed by atoms with Crippen LogP contribution < -0.4 is 0 Å². The third-order valence-corrected chi connectivity index (χ3v) is 13.0. The van der Waals surface area contributed by atoms with Crippen molar-refractivity contribution in [3.63, 3.8) is 0 Å². The summed E-state index contributed by atoms with van der Waals surface area (Å²) >= 11 is 0. The fourth-order valence-corrected chi connectivity index (χ4v) is 8.35. The van der Waals surface area contributed by atoms with Gasteiger partial charge in [0.25, 0.3) is 0 Å². The summed E-state index contributed by atoms with van der Waals surface area (Å²) < 4.78 is 16.9. The SMILES string of the molecule is CC/C=C\C/C=C\C/C=C\C/C=C\C/C=C\CCCCCCCCCC(=O)OCC(COC(=O)CCCCCCC/C=C\C/C=C\CCCCCC)OC(=O)CCCCCCCCC/C=C\C/C=C\CCCCC. The zero-order valence-corrected chi connectivity index (χ0v) is 48.3. The van der Waals surface area contributed by atoms with Crippen molar-refractivity contribution in [2.75, 3.05) is 13.2 Å². The summed E-state index contributed by atoms with van der Waals surface area (Å²) in [5, 5.41) is 0. The van der Waals surface area contributed by atoms with Crippen molar-refractivity contribution >= 4 is 17.9 Å². The smallest absolute Gasteiger partial charge is 0.306 e. The van der Waals surface area contributed by atoms with Crippen molar-refractivity contribution in [1.29, 1.82) is 0 Å². The van der Waals surface area contributed by atoms with Gasteiger partial charge in [-0.2, -0.15) is 0 Å². The Labute approximate surface area is 457 Å². The second-order valence-corrected chi connectivity index (χ2v) is 20.2. The molecule has 0 amide bonds. The molecule has 422 valence electrons. The van der Waals surface area contributed by atoms with Gasteiger partial charge in [0.15, 0.2) is 6.10 Å². The Balaban J connectivity index is 4.43. The molecule has 6 heteroatoms. The molecular formula is C68H114O6. The van der Waals surface area contributed by atoms with Gasteiger partial charge < -0.3 is 14.2 Å². The Hall–Kier alpha value is -3.93. The molecule has 0 aromatic carbocycles. The number of hydrogen-bond acceptors (Lipinski definition) is 6. The van der Waals surface area contributed by atoms with Crippen LogP contribution in [0.15, 0.2) is 109 Å². The highest BCUT2D eigenvalue weighted by atomic mass is 16.6. The first-order valence-corrected chi connectivity index (χ1v) is 30.9. The van der Waals surface area contributed by atoms with E-state index in [9.17, 15) is 14.4 Å². The summed E-state index contributed by atoms with van der Waals surface area (Å²) in [4.78, 5) is 38.3. The summed E-state index contributed by atoms with van der Waals surface area (Å²) in [7, 11) is 0. The number of allylic oxidation sites excluding steroid dienone is 18. The van der Waals surface area contributed by atoms with E-state index in [-0.39, 0.29) is 31.1 Å². The van der Waals surface area contributed by atoms with Gasteiger partial charge in [-0.15, -0.1) is 0 Å². The first kappa shape index (κ1) is 70.1. The molecule has 0 N–H and O–H groups in total. The molecule has 0 fully saturated rings. The minimum Gasteiger partial charge on any atom is -0.462 e. The number of carbonyl (C=O) groups excluding carboxylic acids is 3. The fourth-order valence-electron chi connectivity index (χ4n) is 8.35. The number of hydrogen-bond donors (Lipinski definition) is 0. The number of unbranched alkanes of at least 4 members (excludes halogenated alkanes) is 26. The maximum Gasteiger partial charge on any atom is 0.306 e. The van der Waals surface area contributed by atoms with Crippen LogP contribution in [0.4, 0.5) is 0 Å². The number of rotatable bonds is 55. The van der Waals surface area contributed by atoms with Crippen LogP contribution in [0.3, 0.4) is 0 Å². The molecule has 74 heavy (non-hydrogen) atoms. The topological polar surface area (TPSA) is 78.9 Å². The molecule has 0 saturated carbocycles. The fraction of sp³-hybridized carbons (Fsp3) is 0.691. The van der Waals surface area contributed by atoms with Crippen LogP contribution in [0, 0.1) is 0 Å². The minimum absolute atomic E-state index is 0.0928. The second kappa shape index (κ2) is 61.6. The van der Waals surface area contributed by atoms with E-state index >= 15 is 0 Å². The molecule has 1 atom stereocenters. The van der Waals surface area contributed by atoms with Crippen molar-refractivity contribution in [3.05, 3.63) is 109 Å². The molecule has 0 aliphatic carbocycles. The highest BCUT2D eigenvalue weighted by Gasteiger charge is 2.19. The average Bonchev–Trinajstić information content (AvgIpc) is 3.40. The summed E-state index contributed by atoms with van der Waals surface area (Å²) in [6.07, 6.45) is 83.6. The largest absolute Gasteiger partial charge is 0.462 e. The monoisotopic (exact) mass is 1030 g/mol. The Kier molecular flexibility index (Phi) is 58.3. The molecule has 0 bridgehead atoms. The van der Waals surface area contributed by atoms with Gasteiger partial charge in [0.2, 0.25) is 0 Å². The normalized spacial score (nSPS) is 12.9. The molecule has 0 aliphatic rings. The lowest BCUT2D eigenvalue weighted by Crippen LogP contribution is -2.30. The lowest BCUT2D eigenvalue weighted by molar-refractivity contribution is -0.167. The second-order valence-electron chi connectivity index (χ2n) is 20.2. The third kappa shape index (κ3) is 59.0. The summed E-state index contributed by atoms with van der Waals surface area (Å²) in [6.45, 7) is 6.47. The maximum atomic E-state index is 12.9. The van der Waals surface area contributed by atoms with Gasteiger partial charge in [0.05, 0.1) is 0 Å². The minimum atomic E-state index is -0.796. The van der Waals surface area contributed by atoms with Gasteiger partial charge in [0, 0.05) is 19.3 Å². The van der Waals surface area contributed by atoms with Gasteiger partial charge in [-0.05, 0) is 128 Å². The van der Waals surface area contributed by atoms with Gasteiger partial charge in [-0.3, -0.25) is 14.4 Å². The molecule has 0 radical (unpaired) electrons. The number of ether oxygens (including phenoxy) is 3. The first-order chi connectivity index (χ1) is 36.5. The third-order valence-electron chi connectivity index (χ3n) is 13.0. The lowest BCUT2D eigenvalue weighted by Gasteiger charge is -2.18. The van der Waals surface area contributed by atoms with Crippen molar-refractivity contribution in [3.8, 4) is 0 Å². The molecule has 0 rings (SSSR count). The van der Waals surface area contributed by atoms with Crippen LogP contribution in [0.5, 0.6) is 0 Å². The Morgan fingerprint density at radius 3 is 0.851 bits per heavy atom. The van der Waals surface area contributed by atoms with Crippen LogP contribution in [0.1, 0.15) is 284 Å². The van der Waals surface area contributed by atoms with E-state index in [1.165, 1.54) is 109 Å². The summed E-state index contributed by atoms with van der Waals surface area (Å²) in [6, 6.07) is 0. The van der Waals surface area contributed by atoms with E-state index < -0.39 is 6.10 Å². The van der Waals surface area contributed by atoms with E-state index in [4.69, 9.17) is 14.2 Å². The quantitative estimate of drug-likeness (QED) is 0.0261. The van der Waals surface area contributed by atoms with Crippen molar-refractivity contribution in [2.45, 2.75) is 290 Å². The van der Waals surface area contributed by atoms with Crippen LogP contribution in [-0.4, -0.2) is 37.2 Å². The molecule has 1 unspecified atom stereocenters. The molecule has 0 spiro atoms. The zero-order valence-electron chi connectivity index (χ0n) is 48.3. The van der Waals surface area contributed by atoms with E-state index in [0.29, 0.717) is 19.3 Å². The standard InChI is InChI=1S/C68H114O6/c1-4-7-10-13-16-19-22-25-28-31-32-33-34-35-36-38-40-43-46-49-52-55-58-61-67(70)73-64-65(63-72-66(69)60-57-54-51-48-45-42-39-30-27-24-21-18-15-12-9-6-3)74-68(71)62-59-56-53-50-47-44-41-37-29-26-23-20-17-14-11-8-5-2/h7,10,16-17,19-21,24-26,28-30,32-33,35-36,39,65H,4-6,8-9,11-15,18,22-23,27,31,34,37-38,40-64H2,1-3H3/b10-7-,19-16-,20-17-,24-21-,28-25-,29-26-,33-32-,36-35-,39-30-. The van der Waals surface area contributed by atoms with E-state index in [1.807, 2.05) is 0 Å². The molecular weight excluding hydrogens is 913 g/mol. The zero-order chi connectivity index (χ0) is 53.6. The highest BCUT2D eigenvalue weighted by Crippen LogP contribution is 2.15. The summed E-state index contributed by atoms with van der Waals surface area (Å²) in [5.41, 5.74) is 0. The molecule has 0 heterocycles. The Morgan fingerprint density at radius 1 is 0.284 bits per heavy atom. The van der Waals surface area contributed by atoms with Crippen LogP contribution >= 0.6 is 0 Å². The van der Waals surface area contributed by atoms with Crippen LogP contribution in [0.25, 0.3) is 0 Å². The molecule has 0 aliphatic heterocycles. The van der Waals surface area contributed by atoms with Gasteiger partial charge >= 0.3 is 17.9 Å². The predicted octanol–water partition coefficient (Wildman–Crippen LogP) is 21.0. The maximum absolute atomic E-state index is 12.9.